The fourth-order valence-electron chi connectivity index (χ4n) is 2.36. The van der Waals surface area contributed by atoms with E-state index in [-0.39, 0.29) is 18.4 Å². The third-order valence-corrected chi connectivity index (χ3v) is 3.85. The molecule has 7 heteroatoms. The van der Waals surface area contributed by atoms with Gasteiger partial charge in [0.1, 0.15) is 18.5 Å². The Morgan fingerprint density at radius 3 is 2.83 bits per heavy atom. The van der Waals surface area contributed by atoms with Crippen molar-refractivity contribution in [2.45, 2.75) is 25.4 Å². The first-order valence-electron chi connectivity index (χ1n) is 7.68. The van der Waals surface area contributed by atoms with Crippen LogP contribution in [0.25, 0.3) is 0 Å². The molecule has 23 heavy (non-hydrogen) atoms. The average molecular weight is 341 g/mol. The van der Waals surface area contributed by atoms with Gasteiger partial charge in [-0.1, -0.05) is 11.6 Å². The van der Waals surface area contributed by atoms with Crippen LogP contribution in [0.3, 0.4) is 0 Å². The van der Waals surface area contributed by atoms with Crippen LogP contribution in [0, 0.1) is 0 Å². The van der Waals surface area contributed by atoms with E-state index in [1.165, 1.54) is 4.90 Å². The van der Waals surface area contributed by atoms with E-state index < -0.39 is 6.10 Å². The summed E-state index contributed by atoms with van der Waals surface area (Å²) in [6.45, 7) is 1.14. The minimum absolute atomic E-state index is 0.0309. The van der Waals surface area contributed by atoms with Crippen LogP contribution in [-0.4, -0.2) is 54.2 Å². The second-order valence-electron chi connectivity index (χ2n) is 5.42. The zero-order valence-corrected chi connectivity index (χ0v) is 13.6. The molecule has 0 aliphatic carbocycles. The number of carbonyl (C=O) groups excluding carboxylic acids is 2. The van der Waals surface area contributed by atoms with Gasteiger partial charge in [-0.3, -0.25) is 9.59 Å². The van der Waals surface area contributed by atoms with Crippen LogP contribution in [0.2, 0.25) is 5.02 Å². The Bertz CT molecular complexity index is 535. The van der Waals surface area contributed by atoms with Crippen LogP contribution in [0.15, 0.2) is 24.3 Å². The lowest BCUT2D eigenvalue weighted by Gasteiger charge is -2.21. The molecule has 0 aromatic heterocycles. The summed E-state index contributed by atoms with van der Waals surface area (Å²) in [7, 11) is 0. The summed E-state index contributed by atoms with van der Waals surface area (Å²) in [6.07, 6.45) is 1.07. The van der Waals surface area contributed by atoms with Crippen molar-refractivity contribution in [1.29, 1.82) is 0 Å². The lowest BCUT2D eigenvalue weighted by Crippen LogP contribution is -2.44. The zero-order chi connectivity index (χ0) is 16.7. The van der Waals surface area contributed by atoms with Gasteiger partial charge in [-0.2, -0.15) is 0 Å². The van der Waals surface area contributed by atoms with Crippen LogP contribution >= 0.6 is 11.6 Å². The average Bonchev–Trinajstić information content (AvgIpc) is 2.69. The summed E-state index contributed by atoms with van der Waals surface area (Å²) >= 11 is 5.78. The first kappa shape index (κ1) is 17.6. The molecule has 1 aromatic carbocycles. The Hall–Kier alpha value is -1.79. The molecular formula is C16H21ClN2O4. The monoisotopic (exact) mass is 340 g/mol. The lowest BCUT2D eigenvalue weighted by molar-refractivity contribution is -0.142. The van der Waals surface area contributed by atoms with Gasteiger partial charge < -0.3 is 20.1 Å². The summed E-state index contributed by atoms with van der Waals surface area (Å²) in [5.74, 6) is 0.0525. The summed E-state index contributed by atoms with van der Waals surface area (Å²) in [5, 5.41) is 13.0. The minimum Gasteiger partial charge on any atom is -0.492 e. The molecule has 6 nitrogen and oxygen atoms in total. The maximum absolute atomic E-state index is 11.9. The fraction of sp³-hybridized carbons (Fsp3) is 0.500. The molecule has 1 aromatic rings. The van der Waals surface area contributed by atoms with E-state index in [9.17, 15) is 14.7 Å². The quantitative estimate of drug-likeness (QED) is 0.763. The summed E-state index contributed by atoms with van der Waals surface area (Å²) in [6, 6.07) is 6.96. The topological polar surface area (TPSA) is 78.9 Å². The molecule has 2 rings (SSSR count). The van der Waals surface area contributed by atoms with Crippen molar-refractivity contribution < 1.29 is 19.4 Å². The van der Waals surface area contributed by atoms with Crippen LogP contribution in [0.1, 0.15) is 19.3 Å². The van der Waals surface area contributed by atoms with Gasteiger partial charge in [0.15, 0.2) is 0 Å². The molecule has 0 bridgehead atoms. The molecule has 0 saturated carbocycles. The number of rotatable bonds is 6. The van der Waals surface area contributed by atoms with Gasteiger partial charge >= 0.3 is 0 Å². The highest BCUT2D eigenvalue weighted by molar-refractivity contribution is 6.30. The number of amides is 2. The molecule has 1 fully saturated rings. The molecule has 126 valence electrons. The van der Waals surface area contributed by atoms with Gasteiger partial charge in [0.05, 0.1) is 13.1 Å². The number of likely N-dealkylation sites (tertiary alicyclic amines) is 1. The number of ether oxygens (including phenoxy) is 1. The number of hydrogen-bond acceptors (Lipinski definition) is 4. The summed E-state index contributed by atoms with van der Waals surface area (Å²) < 4.78 is 5.47. The van der Waals surface area contributed by atoms with Gasteiger partial charge in [0.2, 0.25) is 5.91 Å². The molecular weight excluding hydrogens is 320 g/mol. The van der Waals surface area contributed by atoms with Gasteiger partial charge in [-0.05, 0) is 43.5 Å². The third-order valence-electron chi connectivity index (χ3n) is 3.59. The van der Waals surface area contributed by atoms with Gasteiger partial charge in [-0.15, -0.1) is 0 Å². The molecule has 2 N–H and O–H groups in total. The second kappa shape index (κ2) is 8.74. The smallest absolute Gasteiger partial charge is 0.251 e. The minimum atomic E-state index is -0.987. The van der Waals surface area contributed by atoms with E-state index in [0.717, 1.165) is 12.8 Å². The number of nitrogens with zero attached hydrogens (tertiary/aromatic N) is 1. The van der Waals surface area contributed by atoms with E-state index in [2.05, 4.69) is 5.32 Å². The maximum Gasteiger partial charge on any atom is 0.251 e. The van der Waals surface area contributed by atoms with Crippen molar-refractivity contribution in [3.05, 3.63) is 29.3 Å². The molecule has 1 heterocycles. The van der Waals surface area contributed by atoms with Crippen molar-refractivity contribution in [2.24, 2.45) is 0 Å². The third kappa shape index (κ3) is 5.73. The first-order valence-corrected chi connectivity index (χ1v) is 8.06. The number of halogens is 1. The predicted molar refractivity (Wildman–Crippen MR) is 86.4 cm³/mol. The van der Waals surface area contributed by atoms with Crippen LogP contribution in [0.5, 0.6) is 5.75 Å². The normalized spacial score (nSPS) is 18.4. The molecule has 0 spiro atoms. The molecule has 1 atom stereocenters. The van der Waals surface area contributed by atoms with Gasteiger partial charge in [0, 0.05) is 11.6 Å². The second-order valence-corrected chi connectivity index (χ2v) is 5.86. The number of aliphatic hydroxyl groups is 1. The molecule has 0 radical (unpaired) electrons. The number of benzene rings is 1. The van der Waals surface area contributed by atoms with E-state index in [1.54, 1.807) is 24.3 Å². The highest BCUT2D eigenvalue weighted by Crippen LogP contribution is 2.15. The summed E-state index contributed by atoms with van der Waals surface area (Å²) in [4.78, 5) is 25.2. The Labute approximate surface area is 140 Å². The molecule has 1 unspecified atom stereocenters. The predicted octanol–water partition coefficient (Wildman–Crippen LogP) is 1.21. The highest BCUT2D eigenvalue weighted by atomic mass is 35.5. The van der Waals surface area contributed by atoms with E-state index in [4.69, 9.17) is 16.3 Å². The SMILES string of the molecule is O=C(CN1CCCCC(O)C1=O)NCCOc1ccc(Cl)cc1. The number of aliphatic hydroxyl groups excluding tert-OH is 1. The molecule has 2 amide bonds. The maximum atomic E-state index is 11.9. The number of hydrogen-bond donors (Lipinski definition) is 2. The number of nitrogens with one attached hydrogen (secondary N) is 1. The van der Waals surface area contributed by atoms with Gasteiger partial charge in [0.25, 0.3) is 5.91 Å². The Kier molecular flexibility index (Phi) is 6.67. The standard InChI is InChI=1S/C16H21ClN2O4/c17-12-4-6-13(7-5-12)23-10-8-18-15(21)11-19-9-2-1-3-14(20)16(19)22/h4-7,14,20H,1-3,8-11H2,(H,18,21). The van der Waals surface area contributed by atoms with E-state index in [0.29, 0.717) is 36.9 Å². The largest absolute Gasteiger partial charge is 0.492 e. The molecule has 1 saturated heterocycles. The van der Waals surface area contributed by atoms with Crippen LogP contribution in [-0.2, 0) is 9.59 Å². The van der Waals surface area contributed by atoms with Crippen molar-refractivity contribution in [1.82, 2.24) is 10.2 Å². The Morgan fingerprint density at radius 2 is 2.09 bits per heavy atom. The van der Waals surface area contributed by atoms with Crippen molar-refractivity contribution in [3.63, 3.8) is 0 Å². The number of carbonyl (C=O) groups is 2. The fourth-order valence-corrected chi connectivity index (χ4v) is 2.49. The first-order chi connectivity index (χ1) is 11.1. The van der Waals surface area contributed by atoms with Crippen LogP contribution < -0.4 is 10.1 Å². The van der Waals surface area contributed by atoms with Crippen molar-refractivity contribution in [3.8, 4) is 5.75 Å². The molecule has 1 aliphatic heterocycles. The zero-order valence-electron chi connectivity index (χ0n) is 12.8. The lowest BCUT2D eigenvalue weighted by atomic mass is 10.2. The van der Waals surface area contributed by atoms with E-state index >= 15 is 0 Å². The summed E-state index contributed by atoms with van der Waals surface area (Å²) in [5.41, 5.74) is 0. The molecule has 1 aliphatic rings. The highest BCUT2D eigenvalue weighted by Gasteiger charge is 2.26. The van der Waals surface area contributed by atoms with Crippen molar-refractivity contribution >= 4 is 23.4 Å². The van der Waals surface area contributed by atoms with Crippen LogP contribution in [0.4, 0.5) is 0 Å². The van der Waals surface area contributed by atoms with Crippen molar-refractivity contribution in [2.75, 3.05) is 26.2 Å². The van der Waals surface area contributed by atoms with E-state index in [1.807, 2.05) is 0 Å². The van der Waals surface area contributed by atoms with Gasteiger partial charge in [-0.25, -0.2) is 0 Å². The Balaban J connectivity index is 1.68. The Morgan fingerprint density at radius 1 is 1.35 bits per heavy atom.